The number of carbonyl (C=O) groups is 1. The Morgan fingerprint density at radius 1 is 1.12 bits per heavy atom. The lowest BCUT2D eigenvalue weighted by Crippen LogP contribution is -2.35. The quantitative estimate of drug-likeness (QED) is 0.882. The number of fused-ring (bicyclic) bond motifs is 1. The van der Waals surface area contributed by atoms with Crippen LogP contribution >= 0.6 is 0 Å². The minimum absolute atomic E-state index is 0.191. The van der Waals surface area contributed by atoms with Crippen molar-refractivity contribution in [2.75, 3.05) is 13.9 Å². The predicted molar refractivity (Wildman–Crippen MR) is 87.5 cm³/mol. The van der Waals surface area contributed by atoms with Crippen LogP contribution in [-0.2, 0) is 11.3 Å². The van der Waals surface area contributed by atoms with Gasteiger partial charge in [-0.05, 0) is 48.9 Å². The normalized spacial score (nSPS) is 13.2. The molecule has 2 aromatic carbocycles. The molecule has 0 saturated heterocycles. The molecule has 2 aromatic rings. The average Bonchev–Trinajstić information content (AvgIpc) is 3.08. The van der Waals surface area contributed by atoms with E-state index in [1.54, 1.807) is 38.3 Å². The van der Waals surface area contributed by atoms with Gasteiger partial charge in [-0.3, -0.25) is 4.79 Å². The van der Waals surface area contributed by atoms with Crippen LogP contribution in [0, 0.1) is 0 Å². The molecule has 1 heterocycles. The van der Waals surface area contributed by atoms with Crippen LogP contribution in [0.25, 0.3) is 0 Å². The molecule has 0 saturated carbocycles. The lowest BCUT2D eigenvalue weighted by atomic mass is 10.2. The van der Waals surface area contributed by atoms with Crippen molar-refractivity contribution in [2.45, 2.75) is 19.6 Å². The SMILES string of the molecule is COc1ccc(O[C@@H](C)C(=O)NCc2ccc3c(c2)OCO3)cc1. The van der Waals surface area contributed by atoms with Crippen molar-refractivity contribution in [3.05, 3.63) is 48.0 Å². The molecule has 0 unspecified atom stereocenters. The molecule has 0 fully saturated rings. The van der Waals surface area contributed by atoms with Gasteiger partial charge in [0.1, 0.15) is 11.5 Å². The smallest absolute Gasteiger partial charge is 0.261 e. The van der Waals surface area contributed by atoms with E-state index in [4.69, 9.17) is 18.9 Å². The van der Waals surface area contributed by atoms with Gasteiger partial charge in [0.05, 0.1) is 7.11 Å². The number of nitrogens with one attached hydrogen (secondary N) is 1. The van der Waals surface area contributed by atoms with Crippen molar-refractivity contribution in [1.82, 2.24) is 5.32 Å². The zero-order chi connectivity index (χ0) is 16.9. The Balaban J connectivity index is 1.52. The molecule has 126 valence electrons. The minimum Gasteiger partial charge on any atom is -0.497 e. The van der Waals surface area contributed by atoms with E-state index >= 15 is 0 Å². The van der Waals surface area contributed by atoms with Crippen molar-refractivity contribution in [1.29, 1.82) is 0 Å². The lowest BCUT2D eigenvalue weighted by molar-refractivity contribution is -0.127. The summed E-state index contributed by atoms with van der Waals surface area (Å²) < 4.78 is 21.3. The Labute approximate surface area is 140 Å². The Kier molecular flexibility index (Phi) is 4.74. The number of hydrogen-bond donors (Lipinski definition) is 1. The Morgan fingerprint density at radius 2 is 1.83 bits per heavy atom. The largest absolute Gasteiger partial charge is 0.497 e. The molecule has 1 atom stereocenters. The number of amides is 1. The summed E-state index contributed by atoms with van der Waals surface area (Å²) in [5.41, 5.74) is 0.934. The molecular formula is C18H19NO5. The zero-order valence-corrected chi connectivity index (χ0v) is 13.6. The zero-order valence-electron chi connectivity index (χ0n) is 13.6. The average molecular weight is 329 g/mol. The van der Waals surface area contributed by atoms with Crippen molar-refractivity contribution >= 4 is 5.91 Å². The molecule has 6 nitrogen and oxygen atoms in total. The molecule has 1 aliphatic heterocycles. The second-order valence-electron chi connectivity index (χ2n) is 5.34. The second-order valence-corrected chi connectivity index (χ2v) is 5.34. The van der Waals surface area contributed by atoms with Crippen molar-refractivity contribution in [3.63, 3.8) is 0 Å². The van der Waals surface area contributed by atoms with Gasteiger partial charge in [0, 0.05) is 6.54 Å². The summed E-state index contributed by atoms with van der Waals surface area (Å²) in [6, 6.07) is 12.7. The van der Waals surface area contributed by atoms with Gasteiger partial charge in [-0.2, -0.15) is 0 Å². The molecule has 0 aliphatic carbocycles. The van der Waals surface area contributed by atoms with Gasteiger partial charge in [-0.15, -0.1) is 0 Å². The van der Waals surface area contributed by atoms with Crippen LogP contribution in [0.3, 0.4) is 0 Å². The van der Waals surface area contributed by atoms with Gasteiger partial charge < -0.3 is 24.3 Å². The van der Waals surface area contributed by atoms with E-state index in [1.165, 1.54) is 0 Å². The third kappa shape index (κ3) is 3.71. The topological polar surface area (TPSA) is 66.0 Å². The standard InChI is InChI=1S/C18H19NO5/c1-12(24-15-6-4-14(21-2)5-7-15)18(20)19-10-13-3-8-16-17(9-13)23-11-22-16/h3-9,12H,10-11H2,1-2H3,(H,19,20)/t12-/m0/s1. The first kappa shape index (κ1) is 16.0. The van der Waals surface area contributed by atoms with Gasteiger partial charge in [-0.25, -0.2) is 0 Å². The van der Waals surface area contributed by atoms with Gasteiger partial charge >= 0.3 is 0 Å². The van der Waals surface area contributed by atoms with E-state index < -0.39 is 6.10 Å². The maximum absolute atomic E-state index is 12.2. The van der Waals surface area contributed by atoms with Crippen LogP contribution in [0.15, 0.2) is 42.5 Å². The van der Waals surface area contributed by atoms with E-state index in [1.807, 2.05) is 18.2 Å². The number of carbonyl (C=O) groups excluding carboxylic acids is 1. The van der Waals surface area contributed by atoms with E-state index in [0.717, 1.165) is 17.1 Å². The molecule has 6 heteroatoms. The molecule has 0 spiro atoms. The third-order valence-corrected chi connectivity index (χ3v) is 3.65. The van der Waals surface area contributed by atoms with Crippen LogP contribution in [-0.4, -0.2) is 25.9 Å². The number of benzene rings is 2. The molecular weight excluding hydrogens is 310 g/mol. The van der Waals surface area contributed by atoms with Gasteiger partial charge in [0.15, 0.2) is 17.6 Å². The molecule has 0 radical (unpaired) electrons. The first-order chi connectivity index (χ1) is 11.7. The summed E-state index contributed by atoms with van der Waals surface area (Å²) >= 11 is 0. The van der Waals surface area contributed by atoms with E-state index in [9.17, 15) is 4.79 Å². The first-order valence-electron chi connectivity index (χ1n) is 7.62. The summed E-state index contributed by atoms with van der Waals surface area (Å²) in [5, 5.41) is 2.85. The van der Waals surface area contributed by atoms with Crippen LogP contribution < -0.4 is 24.3 Å². The van der Waals surface area contributed by atoms with E-state index in [-0.39, 0.29) is 12.7 Å². The Hall–Kier alpha value is -2.89. The maximum Gasteiger partial charge on any atom is 0.261 e. The summed E-state index contributed by atoms with van der Waals surface area (Å²) in [6.07, 6.45) is -0.604. The Morgan fingerprint density at radius 3 is 2.58 bits per heavy atom. The highest BCUT2D eigenvalue weighted by Gasteiger charge is 2.16. The second kappa shape index (κ2) is 7.12. The van der Waals surface area contributed by atoms with Crippen LogP contribution in [0.5, 0.6) is 23.0 Å². The molecule has 0 aromatic heterocycles. The molecule has 1 amide bonds. The minimum atomic E-state index is -0.604. The highest BCUT2D eigenvalue weighted by Crippen LogP contribution is 2.32. The fraction of sp³-hybridized carbons (Fsp3) is 0.278. The van der Waals surface area contributed by atoms with Crippen molar-refractivity contribution in [3.8, 4) is 23.0 Å². The first-order valence-corrected chi connectivity index (χ1v) is 7.62. The van der Waals surface area contributed by atoms with E-state index in [0.29, 0.717) is 18.0 Å². The number of rotatable bonds is 6. The summed E-state index contributed by atoms with van der Waals surface area (Å²) in [7, 11) is 1.60. The molecule has 0 bridgehead atoms. The van der Waals surface area contributed by atoms with Crippen molar-refractivity contribution in [2.24, 2.45) is 0 Å². The molecule has 24 heavy (non-hydrogen) atoms. The monoisotopic (exact) mass is 329 g/mol. The highest BCUT2D eigenvalue weighted by atomic mass is 16.7. The number of methoxy groups -OCH3 is 1. The summed E-state index contributed by atoms with van der Waals surface area (Å²) in [6.45, 7) is 2.34. The Bertz CT molecular complexity index is 714. The number of ether oxygens (including phenoxy) is 4. The number of hydrogen-bond acceptors (Lipinski definition) is 5. The lowest BCUT2D eigenvalue weighted by Gasteiger charge is -2.15. The molecule has 1 aliphatic rings. The van der Waals surface area contributed by atoms with Gasteiger partial charge in [0.25, 0.3) is 5.91 Å². The maximum atomic E-state index is 12.2. The third-order valence-electron chi connectivity index (χ3n) is 3.65. The predicted octanol–water partition coefficient (Wildman–Crippen LogP) is 2.51. The summed E-state index contributed by atoms with van der Waals surface area (Å²) in [4.78, 5) is 12.2. The molecule has 3 rings (SSSR count). The summed E-state index contributed by atoms with van der Waals surface area (Å²) in [5.74, 6) is 2.58. The van der Waals surface area contributed by atoms with Crippen molar-refractivity contribution < 1.29 is 23.7 Å². The van der Waals surface area contributed by atoms with Crippen LogP contribution in [0.4, 0.5) is 0 Å². The fourth-order valence-electron chi connectivity index (χ4n) is 2.30. The fourth-order valence-corrected chi connectivity index (χ4v) is 2.30. The van der Waals surface area contributed by atoms with E-state index in [2.05, 4.69) is 5.32 Å². The highest BCUT2D eigenvalue weighted by molar-refractivity contribution is 5.80. The van der Waals surface area contributed by atoms with Crippen LogP contribution in [0.1, 0.15) is 12.5 Å². The van der Waals surface area contributed by atoms with Gasteiger partial charge in [0.2, 0.25) is 6.79 Å². The van der Waals surface area contributed by atoms with Crippen LogP contribution in [0.2, 0.25) is 0 Å². The van der Waals surface area contributed by atoms with Gasteiger partial charge in [-0.1, -0.05) is 6.07 Å². The molecule has 1 N–H and O–H groups in total.